The van der Waals surface area contributed by atoms with E-state index in [-0.39, 0.29) is 63.9 Å². The lowest BCUT2D eigenvalue weighted by molar-refractivity contribution is -0.130. The molecule has 0 spiro atoms. The van der Waals surface area contributed by atoms with Gasteiger partial charge in [-0.15, -0.1) is 0 Å². The first-order chi connectivity index (χ1) is 30.0. The molecule has 19 heteroatoms. The van der Waals surface area contributed by atoms with Gasteiger partial charge in [0.25, 0.3) is 17.7 Å². The summed E-state index contributed by atoms with van der Waals surface area (Å²) in [6.45, 7) is 9.09. The standard InChI is InChI=1S/C44H49ClN8O9S/c1-25(2)63(59,60)36-14-8-7-12-31(36)49-40-30(45)23-47-44(51-40)50-32-21-26(3)28(22-35(32)61-6)18-20-52(5)38(55)15-10-19-46-37(54)24-62-34-13-9-11-29-39(34)43(58)53(42(29)57)33-17-16-27(4)48-41(33)56/h7-9,11-14,21-23,25,33H,4,10,15-20,24H2,1-3,5-6H3,(H,46,54)(H,48,56)(H2,47,49,50,51). The molecule has 332 valence electrons. The molecule has 17 nitrogen and oxygen atoms in total. The number of likely N-dealkylation sites (N-methyl/N-ethyl adjacent to an activating group) is 1. The van der Waals surface area contributed by atoms with E-state index in [0.29, 0.717) is 48.6 Å². The second kappa shape index (κ2) is 19.7. The highest BCUT2D eigenvalue weighted by Gasteiger charge is 2.45. The fourth-order valence-electron chi connectivity index (χ4n) is 7.05. The number of carbonyl (C=O) groups is 5. The largest absolute Gasteiger partial charge is 0.495 e. The van der Waals surface area contributed by atoms with E-state index in [0.717, 1.165) is 16.0 Å². The molecule has 3 heterocycles. The molecule has 0 bridgehead atoms. The molecule has 1 aromatic heterocycles. The average Bonchev–Trinajstić information content (AvgIpc) is 3.51. The first kappa shape index (κ1) is 46.0. The number of hydrogen-bond donors (Lipinski definition) is 4. The predicted octanol–water partition coefficient (Wildman–Crippen LogP) is 5.48. The highest BCUT2D eigenvalue weighted by molar-refractivity contribution is 7.92. The third-order valence-electron chi connectivity index (χ3n) is 10.6. The van der Waals surface area contributed by atoms with Crippen molar-refractivity contribution in [2.24, 2.45) is 0 Å². The number of para-hydroxylation sites is 1. The zero-order chi connectivity index (χ0) is 45.6. The molecule has 1 unspecified atom stereocenters. The molecule has 4 N–H and O–H groups in total. The van der Waals surface area contributed by atoms with Gasteiger partial charge in [0, 0.05) is 32.3 Å². The number of benzene rings is 3. The normalized spacial score (nSPS) is 14.9. The molecular weight excluding hydrogens is 852 g/mol. The van der Waals surface area contributed by atoms with Crippen molar-refractivity contribution in [1.29, 1.82) is 0 Å². The molecule has 4 aromatic rings. The van der Waals surface area contributed by atoms with Crippen LogP contribution >= 0.6 is 11.6 Å². The van der Waals surface area contributed by atoms with Gasteiger partial charge in [0.15, 0.2) is 22.3 Å². The predicted molar refractivity (Wildman–Crippen MR) is 236 cm³/mol. The Labute approximate surface area is 370 Å². The van der Waals surface area contributed by atoms with Crippen LogP contribution in [0.3, 0.4) is 0 Å². The lowest BCUT2D eigenvalue weighted by Gasteiger charge is -2.29. The van der Waals surface area contributed by atoms with E-state index < -0.39 is 51.4 Å². The second-order valence-electron chi connectivity index (χ2n) is 15.3. The Hall–Kier alpha value is -6.53. The molecular formula is C44H49ClN8O9S. The molecule has 5 amide bonds. The first-order valence-corrected chi connectivity index (χ1v) is 22.1. The molecule has 3 aromatic carbocycles. The third kappa shape index (κ3) is 10.4. The minimum absolute atomic E-state index is 0.000339. The smallest absolute Gasteiger partial charge is 0.266 e. The number of halogens is 1. The van der Waals surface area contributed by atoms with Crippen LogP contribution in [-0.4, -0.2) is 103 Å². The Morgan fingerprint density at radius 3 is 2.54 bits per heavy atom. The number of anilines is 4. The average molecular weight is 901 g/mol. The van der Waals surface area contributed by atoms with Crippen LogP contribution in [0.25, 0.3) is 0 Å². The molecule has 1 fully saturated rings. The maximum absolute atomic E-state index is 13.3. The Bertz CT molecular complexity index is 2590. The van der Waals surface area contributed by atoms with Crippen LogP contribution in [0.4, 0.5) is 23.1 Å². The Morgan fingerprint density at radius 2 is 1.81 bits per heavy atom. The van der Waals surface area contributed by atoms with Gasteiger partial charge in [-0.05, 0) is 94.0 Å². The number of amides is 5. The number of nitrogens with zero attached hydrogens (tertiary/aromatic N) is 4. The van der Waals surface area contributed by atoms with Gasteiger partial charge < -0.3 is 35.6 Å². The second-order valence-corrected chi connectivity index (χ2v) is 18.2. The summed E-state index contributed by atoms with van der Waals surface area (Å²) in [7, 11) is -0.363. The van der Waals surface area contributed by atoms with Crippen LogP contribution in [0, 0.1) is 6.92 Å². The summed E-state index contributed by atoms with van der Waals surface area (Å²) < 4.78 is 37.4. The van der Waals surface area contributed by atoms with E-state index in [2.05, 4.69) is 37.8 Å². The highest BCUT2D eigenvalue weighted by Crippen LogP contribution is 2.35. The van der Waals surface area contributed by atoms with E-state index in [1.165, 1.54) is 37.6 Å². The number of imide groups is 1. The summed E-state index contributed by atoms with van der Waals surface area (Å²) in [6, 6.07) is 13.8. The summed E-state index contributed by atoms with van der Waals surface area (Å²) in [5.41, 5.74) is 3.38. The number of methoxy groups -OCH3 is 1. The number of allylic oxidation sites excluding steroid dienone is 1. The van der Waals surface area contributed by atoms with Crippen molar-refractivity contribution in [3.05, 3.63) is 100 Å². The van der Waals surface area contributed by atoms with E-state index in [4.69, 9.17) is 21.1 Å². The monoisotopic (exact) mass is 900 g/mol. The molecule has 0 aliphatic carbocycles. The fourth-order valence-corrected chi connectivity index (χ4v) is 8.39. The lowest BCUT2D eigenvalue weighted by atomic mass is 10.0. The molecule has 0 saturated carbocycles. The summed E-state index contributed by atoms with van der Waals surface area (Å²) in [6.07, 6.45) is 3.17. The number of piperidine rings is 1. The van der Waals surface area contributed by atoms with Crippen molar-refractivity contribution in [1.82, 2.24) is 30.4 Å². The van der Waals surface area contributed by atoms with Crippen molar-refractivity contribution in [2.45, 2.75) is 69.1 Å². The van der Waals surface area contributed by atoms with E-state index in [9.17, 15) is 32.4 Å². The number of sulfone groups is 1. The van der Waals surface area contributed by atoms with Gasteiger partial charge in [-0.25, -0.2) is 13.4 Å². The van der Waals surface area contributed by atoms with Crippen LogP contribution in [-0.2, 0) is 30.6 Å². The van der Waals surface area contributed by atoms with Crippen LogP contribution in [0.1, 0.15) is 71.4 Å². The number of rotatable bonds is 18. The van der Waals surface area contributed by atoms with Gasteiger partial charge in [0.2, 0.25) is 17.8 Å². The minimum atomic E-state index is -3.60. The van der Waals surface area contributed by atoms with Gasteiger partial charge in [0.05, 0.1) is 46.0 Å². The Kier molecular flexibility index (Phi) is 14.4. The molecule has 1 saturated heterocycles. The summed E-state index contributed by atoms with van der Waals surface area (Å²) in [4.78, 5) is 76.2. The topological polar surface area (TPSA) is 218 Å². The van der Waals surface area contributed by atoms with Crippen LogP contribution in [0.15, 0.2) is 78.0 Å². The highest BCUT2D eigenvalue weighted by atomic mass is 35.5. The number of nitrogens with one attached hydrogen (secondary N) is 4. The third-order valence-corrected chi connectivity index (χ3v) is 13.1. The number of hydrogen-bond acceptors (Lipinski definition) is 13. The summed E-state index contributed by atoms with van der Waals surface area (Å²) in [5, 5.41) is 11.1. The van der Waals surface area contributed by atoms with Gasteiger partial charge in [-0.2, -0.15) is 4.98 Å². The van der Waals surface area contributed by atoms with Gasteiger partial charge >= 0.3 is 0 Å². The van der Waals surface area contributed by atoms with E-state index in [1.54, 1.807) is 44.0 Å². The Balaban J connectivity index is 0.970. The zero-order valence-corrected chi connectivity index (χ0v) is 37.1. The quantitative estimate of drug-likeness (QED) is 0.0720. The van der Waals surface area contributed by atoms with E-state index in [1.807, 2.05) is 19.1 Å². The van der Waals surface area contributed by atoms with Gasteiger partial charge in [0.1, 0.15) is 22.6 Å². The summed E-state index contributed by atoms with van der Waals surface area (Å²) in [5.74, 6) is -1.39. The van der Waals surface area contributed by atoms with Crippen molar-refractivity contribution in [3.63, 3.8) is 0 Å². The first-order valence-electron chi connectivity index (χ1n) is 20.2. The van der Waals surface area contributed by atoms with Crippen molar-refractivity contribution >= 4 is 74.1 Å². The summed E-state index contributed by atoms with van der Waals surface area (Å²) >= 11 is 6.43. The molecule has 2 aliphatic rings. The zero-order valence-electron chi connectivity index (χ0n) is 35.5. The van der Waals surface area contributed by atoms with Crippen LogP contribution in [0.5, 0.6) is 11.5 Å². The number of aryl methyl sites for hydroxylation is 1. The Morgan fingerprint density at radius 1 is 1.05 bits per heavy atom. The molecule has 1 atom stereocenters. The number of ether oxygens (including phenoxy) is 2. The van der Waals surface area contributed by atoms with Gasteiger partial charge in [-0.1, -0.05) is 36.4 Å². The maximum atomic E-state index is 13.3. The number of carbonyl (C=O) groups excluding carboxylic acids is 5. The molecule has 2 aliphatic heterocycles. The molecule has 0 radical (unpaired) electrons. The van der Waals surface area contributed by atoms with Gasteiger partial charge in [-0.3, -0.25) is 28.9 Å². The molecule has 6 rings (SSSR count). The minimum Gasteiger partial charge on any atom is -0.495 e. The van der Waals surface area contributed by atoms with E-state index >= 15 is 0 Å². The van der Waals surface area contributed by atoms with Crippen LogP contribution < -0.4 is 30.7 Å². The lowest BCUT2D eigenvalue weighted by Crippen LogP contribution is -2.51. The van der Waals surface area contributed by atoms with Crippen molar-refractivity contribution in [3.8, 4) is 11.5 Å². The van der Waals surface area contributed by atoms with Crippen molar-refractivity contribution < 1.29 is 41.9 Å². The fraction of sp³-hybridized carbons (Fsp3) is 0.341. The molecule has 63 heavy (non-hydrogen) atoms. The van der Waals surface area contributed by atoms with Crippen molar-refractivity contribution in [2.75, 3.05) is 44.5 Å². The number of fused-ring (bicyclic) bond motifs is 1. The SMILES string of the molecule is C=C1CCC(N2C(=O)c3cccc(OCC(=O)NCCCC(=O)N(C)CCc4cc(OC)c(Nc5ncc(Cl)c(Nc6ccccc6S(=O)(=O)C(C)C)n5)cc4C)c3C2=O)C(=O)N1. The van der Waals surface area contributed by atoms with Crippen LogP contribution in [0.2, 0.25) is 5.02 Å². The maximum Gasteiger partial charge on any atom is 0.266 e. The number of aromatic nitrogens is 2.